The highest BCUT2D eigenvalue weighted by Gasteiger charge is 2.47. The summed E-state index contributed by atoms with van der Waals surface area (Å²) < 4.78 is 1.19. The molecule has 140 valence electrons. The van der Waals surface area contributed by atoms with E-state index in [1.54, 1.807) is 0 Å². The van der Waals surface area contributed by atoms with Gasteiger partial charge in [-0.1, -0.05) is 22.0 Å². The number of ketones is 1. The van der Waals surface area contributed by atoms with Crippen LogP contribution < -0.4 is 15.9 Å². The number of hydrogen-bond donors (Lipinski definition) is 3. The molecule has 1 aromatic rings. The summed E-state index contributed by atoms with van der Waals surface area (Å²) in [4.78, 5) is 21.2. The molecule has 3 aliphatic heterocycles. The Kier molecular flexibility index (Phi) is 3.99. The van der Waals surface area contributed by atoms with Crippen LogP contribution >= 0.6 is 47.8 Å². The molecular weight excluding hydrogens is 546 g/mol. The number of anilines is 1. The number of aliphatic hydroxyl groups excluding tert-OH is 1. The molecule has 3 atom stereocenters. The zero-order valence-electron chi connectivity index (χ0n) is 13.9. The van der Waals surface area contributed by atoms with Crippen molar-refractivity contribution in [3.8, 4) is 5.75 Å². The van der Waals surface area contributed by atoms with Gasteiger partial charge >= 0.3 is 0 Å². The predicted octanol–water partition coefficient (Wildman–Crippen LogP) is 2.39. The number of aliphatic hydroxyl groups is 1. The zero-order chi connectivity index (χ0) is 19.1. The Balaban J connectivity index is 1.93. The topological polar surface area (TPSA) is 94.3 Å². The summed E-state index contributed by atoms with van der Waals surface area (Å²) in [6.07, 6.45) is 2.61. The van der Waals surface area contributed by atoms with Crippen LogP contribution in [0.5, 0.6) is 5.75 Å². The van der Waals surface area contributed by atoms with Crippen molar-refractivity contribution in [1.82, 2.24) is 0 Å². The van der Waals surface area contributed by atoms with Crippen molar-refractivity contribution >= 4 is 75.1 Å². The molecule has 4 aliphatic rings. The molecule has 27 heavy (non-hydrogen) atoms. The average molecular weight is 560 g/mol. The second-order valence-electron chi connectivity index (χ2n) is 7.23. The van der Waals surface area contributed by atoms with Gasteiger partial charge in [-0.3, -0.25) is 9.79 Å². The normalized spacial score (nSPS) is 31.0. The number of fused-ring (bicyclic) bond motifs is 3. The standard InChI is InChI=1S/C18H14Br3N3O3/c19-7-3-18(4-8(20)15(7)26)5-9(25)23-14-11(18)12-10-6(1-2-22-12)17(21)24-13(10)16(14)27/h3,8-9,23,25,27H,1-2,4-5H2. The van der Waals surface area contributed by atoms with E-state index < -0.39 is 11.6 Å². The first-order valence-electron chi connectivity index (χ1n) is 8.55. The van der Waals surface area contributed by atoms with Crippen LogP contribution in [0, 0.1) is 0 Å². The summed E-state index contributed by atoms with van der Waals surface area (Å²) in [6.45, 7) is 0.629. The Morgan fingerprint density at radius 3 is 2.81 bits per heavy atom. The number of allylic oxidation sites excluding steroid dienone is 2. The van der Waals surface area contributed by atoms with Crippen LogP contribution in [0.1, 0.15) is 24.8 Å². The maximum atomic E-state index is 12.3. The molecule has 0 bridgehead atoms. The minimum atomic E-state index is -0.862. The predicted molar refractivity (Wildman–Crippen MR) is 113 cm³/mol. The van der Waals surface area contributed by atoms with E-state index in [1.165, 1.54) is 0 Å². The van der Waals surface area contributed by atoms with Gasteiger partial charge in [0.25, 0.3) is 0 Å². The summed E-state index contributed by atoms with van der Waals surface area (Å²) in [6, 6.07) is 0. The van der Waals surface area contributed by atoms with Gasteiger partial charge in [0, 0.05) is 29.2 Å². The average Bonchev–Trinajstić information content (AvgIpc) is 2.95. The Morgan fingerprint density at radius 2 is 2.07 bits per heavy atom. The highest BCUT2D eigenvalue weighted by molar-refractivity contribution is 9.18. The number of aromatic hydroxyl groups is 1. The van der Waals surface area contributed by atoms with Crippen LogP contribution in [0.2, 0.25) is 0 Å². The number of phenolic OH excluding ortho intramolecular Hbond substituents is 1. The van der Waals surface area contributed by atoms with Crippen molar-refractivity contribution in [3.63, 3.8) is 0 Å². The molecule has 0 amide bonds. The summed E-state index contributed by atoms with van der Waals surface area (Å²) in [5.74, 6) is -0.0111. The number of Topliss-reactive ketones (excluding diaryl/α,β-unsaturated/α-hetero) is 1. The Hall–Kier alpha value is -1.03. The molecule has 1 aromatic carbocycles. The van der Waals surface area contributed by atoms with Gasteiger partial charge in [0.05, 0.1) is 20.4 Å². The quantitative estimate of drug-likeness (QED) is 0.336. The molecule has 0 saturated carbocycles. The van der Waals surface area contributed by atoms with E-state index in [9.17, 15) is 15.0 Å². The molecule has 0 radical (unpaired) electrons. The number of nitrogens with zero attached hydrogens (tertiary/aromatic N) is 2. The molecule has 3 N–H and O–H groups in total. The van der Waals surface area contributed by atoms with Gasteiger partial charge in [0.1, 0.15) is 16.5 Å². The van der Waals surface area contributed by atoms with E-state index in [2.05, 4.69) is 58.1 Å². The van der Waals surface area contributed by atoms with Gasteiger partial charge in [0.15, 0.2) is 11.5 Å². The minimum absolute atomic E-state index is 0.0125. The lowest BCUT2D eigenvalue weighted by molar-refractivity contribution is -0.115. The SMILES string of the molecule is O=C1C(Br)=CC2(CC(O)Nc3c(O)c4c5c(c32)=NCCC=5C(Br)=N4)CC1Br. The molecule has 0 saturated heterocycles. The number of aliphatic imine (C=N–C) groups is 1. The number of alkyl halides is 1. The number of halogens is 3. The molecule has 5 rings (SSSR count). The van der Waals surface area contributed by atoms with Gasteiger partial charge in [-0.25, -0.2) is 4.99 Å². The lowest BCUT2D eigenvalue weighted by atomic mass is 9.67. The number of carbonyl (C=O) groups is 1. The largest absolute Gasteiger partial charge is 0.504 e. The Morgan fingerprint density at radius 1 is 1.30 bits per heavy atom. The van der Waals surface area contributed by atoms with Crippen LogP contribution in [-0.2, 0) is 10.2 Å². The smallest absolute Gasteiger partial charge is 0.183 e. The lowest BCUT2D eigenvalue weighted by Crippen LogP contribution is -2.50. The first-order valence-corrected chi connectivity index (χ1v) is 11.1. The number of carbonyl (C=O) groups excluding carboxylic acids is 1. The third-order valence-electron chi connectivity index (χ3n) is 5.65. The summed E-state index contributed by atoms with van der Waals surface area (Å²) in [5, 5.41) is 26.2. The van der Waals surface area contributed by atoms with Crippen molar-refractivity contribution in [2.45, 2.75) is 35.7 Å². The van der Waals surface area contributed by atoms with Gasteiger partial charge in [-0.15, -0.1) is 0 Å². The number of rotatable bonds is 0. The van der Waals surface area contributed by atoms with Crippen LogP contribution in [0.15, 0.2) is 20.5 Å². The van der Waals surface area contributed by atoms with E-state index >= 15 is 0 Å². The Labute approximate surface area is 179 Å². The summed E-state index contributed by atoms with van der Waals surface area (Å²) >= 11 is 10.4. The number of phenols is 1. The van der Waals surface area contributed by atoms with Crippen molar-refractivity contribution in [2.75, 3.05) is 11.9 Å². The fraction of sp³-hybridized carbons (Fsp3) is 0.389. The maximum absolute atomic E-state index is 12.3. The molecule has 3 heterocycles. The van der Waals surface area contributed by atoms with Crippen LogP contribution in [0.3, 0.4) is 0 Å². The van der Waals surface area contributed by atoms with Crippen molar-refractivity contribution in [3.05, 3.63) is 26.7 Å². The van der Waals surface area contributed by atoms with Crippen LogP contribution in [0.25, 0.3) is 5.57 Å². The van der Waals surface area contributed by atoms with E-state index in [1.807, 2.05) is 6.08 Å². The highest BCUT2D eigenvalue weighted by Crippen LogP contribution is 2.51. The number of nitrogens with one attached hydrogen (secondary N) is 1. The first-order chi connectivity index (χ1) is 12.8. The molecular formula is C18H14Br3N3O3. The number of hydrogen-bond acceptors (Lipinski definition) is 6. The Bertz CT molecular complexity index is 1110. The van der Waals surface area contributed by atoms with E-state index in [0.717, 1.165) is 32.8 Å². The summed E-state index contributed by atoms with van der Waals surface area (Å²) in [7, 11) is 0. The van der Waals surface area contributed by atoms with Gasteiger partial charge in [-0.2, -0.15) is 0 Å². The highest BCUT2D eigenvalue weighted by atomic mass is 79.9. The number of benzene rings is 1. The fourth-order valence-electron chi connectivity index (χ4n) is 4.58. The van der Waals surface area contributed by atoms with Crippen molar-refractivity contribution < 1.29 is 15.0 Å². The second kappa shape index (κ2) is 5.98. The maximum Gasteiger partial charge on any atom is 0.183 e. The van der Waals surface area contributed by atoms with Crippen molar-refractivity contribution in [2.24, 2.45) is 9.98 Å². The summed E-state index contributed by atoms with van der Waals surface area (Å²) in [5.41, 5.74) is 2.16. The molecule has 0 fully saturated rings. The molecule has 1 aliphatic carbocycles. The molecule has 3 unspecified atom stereocenters. The van der Waals surface area contributed by atoms with E-state index in [-0.39, 0.29) is 16.4 Å². The molecule has 1 spiro atoms. The monoisotopic (exact) mass is 557 g/mol. The van der Waals surface area contributed by atoms with E-state index in [4.69, 9.17) is 4.99 Å². The third-order valence-corrected chi connectivity index (χ3v) is 7.66. The minimum Gasteiger partial charge on any atom is -0.504 e. The third kappa shape index (κ3) is 2.41. The van der Waals surface area contributed by atoms with Crippen LogP contribution in [-0.4, -0.2) is 38.2 Å². The van der Waals surface area contributed by atoms with Gasteiger partial charge in [0.2, 0.25) is 0 Å². The van der Waals surface area contributed by atoms with Crippen LogP contribution in [0.4, 0.5) is 11.4 Å². The van der Waals surface area contributed by atoms with Crippen molar-refractivity contribution in [1.29, 1.82) is 0 Å². The molecule has 9 heteroatoms. The molecule has 0 aromatic heterocycles. The van der Waals surface area contributed by atoms with Gasteiger partial charge in [-0.05, 0) is 50.3 Å². The first kappa shape index (κ1) is 18.0. The molecule has 6 nitrogen and oxygen atoms in total. The zero-order valence-corrected chi connectivity index (χ0v) is 18.6. The second-order valence-corrected chi connectivity index (χ2v) is 9.94. The fourth-order valence-corrected chi connectivity index (χ4v) is 7.00. The van der Waals surface area contributed by atoms with E-state index in [0.29, 0.717) is 35.2 Å². The lowest BCUT2D eigenvalue weighted by Gasteiger charge is -2.43. The van der Waals surface area contributed by atoms with Gasteiger partial charge < -0.3 is 15.5 Å².